The van der Waals surface area contributed by atoms with E-state index in [2.05, 4.69) is 5.32 Å². The highest BCUT2D eigenvalue weighted by Crippen LogP contribution is 2.16. The second-order valence-corrected chi connectivity index (χ2v) is 5.22. The van der Waals surface area contributed by atoms with E-state index in [-0.39, 0.29) is 12.5 Å². The molecule has 1 amide bonds. The van der Waals surface area contributed by atoms with Crippen molar-refractivity contribution in [2.24, 2.45) is 0 Å². The quantitative estimate of drug-likeness (QED) is 0.888. The molecule has 0 heterocycles. The van der Waals surface area contributed by atoms with Crippen LogP contribution in [0.2, 0.25) is 0 Å². The van der Waals surface area contributed by atoms with Gasteiger partial charge in [0.1, 0.15) is 5.75 Å². The number of hydrogen-bond donors (Lipinski definition) is 1. The zero-order valence-electron chi connectivity index (χ0n) is 13.2. The lowest BCUT2D eigenvalue weighted by Crippen LogP contribution is -2.20. The smallest absolute Gasteiger partial charge is 0.262 e. The Labute approximate surface area is 131 Å². The van der Waals surface area contributed by atoms with Crippen molar-refractivity contribution in [3.05, 3.63) is 59.2 Å². The minimum Gasteiger partial charge on any atom is -0.484 e. The summed E-state index contributed by atoms with van der Waals surface area (Å²) < 4.78 is 10.6. The summed E-state index contributed by atoms with van der Waals surface area (Å²) in [6, 6.07) is 13.3. The summed E-state index contributed by atoms with van der Waals surface area (Å²) in [7, 11) is 1.64. The van der Waals surface area contributed by atoms with E-state index in [1.54, 1.807) is 7.11 Å². The molecule has 4 nitrogen and oxygen atoms in total. The molecule has 2 aromatic carbocycles. The third-order valence-corrected chi connectivity index (χ3v) is 3.37. The first kappa shape index (κ1) is 16.0. The summed E-state index contributed by atoms with van der Waals surface area (Å²) in [5.41, 5.74) is 4.09. The average Bonchev–Trinajstić information content (AvgIpc) is 2.49. The fourth-order valence-corrected chi connectivity index (χ4v) is 2.06. The maximum atomic E-state index is 11.9. The van der Waals surface area contributed by atoms with E-state index in [1.165, 1.54) is 5.56 Å². The molecule has 116 valence electrons. The van der Waals surface area contributed by atoms with E-state index in [4.69, 9.17) is 9.47 Å². The average molecular weight is 299 g/mol. The summed E-state index contributed by atoms with van der Waals surface area (Å²) in [5.74, 6) is 0.513. The van der Waals surface area contributed by atoms with Gasteiger partial charge in [-0.15, -0.1) is 0 Å². The number of carbonyl (C=O) groups excluding carboxylic acids is 1. The SMILES string of the molecule is COCc1cccc(NC(=O)COc2ccc(C)c(C)c2)c1. The Morgan fingerprint density at radius 1 is 1.09 bits per heavy atom. The van der Waals surface area contributed by atoms with Crippen LogP contribution in [0.1, 0.15) is 16.7 Å². The number of anilines is 1. The Kier molecular flexibility index (Phi) is 5.55. The third kappa shape index (κ3) is 4.60. The normalized spacial score (nSPS) is 10.3. The predicted molar refractivity (Wildman–Crippen MR) is 87.2 cm³/mol. The lowest BCUT2D eigenvalue weighted by atomic mass is 10.1. The number of rotatable bonds is 6. The van der Waals surface area contributed by atoms with Crippen LogP contribution in [0.4, 0.5) is 5.69 Å². The van der Waals surface area contributed by atoms with Crippen molar-refractivity contribution in [3.8, 4) is 5.75 Å². The monoisotopic (exact) mass is 299 g/mol. The molecule has 0 bridgehead atoms. The van der Waals surface area contributed by atoms with Gasteiger partial charge in [-0.1, -0.05) is 18.2 Å². The molecule has 0 fully saturated rings. The van der Waals surface area contributed by atoms with Crippen molar-refractivity contribution in [3.63, 3.8) is 0 Å². The van der Waals surface area contributed by atoms with Crippen molar-refractivity contribution in [1.29, 1.82) is 0 Å². The van der Waals surface area contributed by atoms with E-state index >= 15 is 0 Å². The Morgan fingerprint density at radius 2 is 1.91 bits per heavy atom. The Morgan fingerprint density at radius 3 is 2.64 bits per heavy atom. The molecular formula is C18H21NO3. The standard InChI is InChI=1S/C18H21NO3/c1-13-7-8-17(9-14(13)2)22-12-18(20)19-16-6-4-5-15(10-16)11-21-3/h4-10H,11-12H2,1-3H3,(H,19,20). The number of carbonyl (C=O) groups is 1. The van der Waals surface area contributed by atoms with E-state index in [0.717, 1.165) is 16.8 Å². The second kappa shape index (κ2) is 7.61. The molecule has 0 aromatic heterocycles. The van der Waals surface area contributed by atoms with Gasteiger partial charge in [-0.3, -0.25) is 4.79 Å². The number of ether oxygens (including phenoxy) is 2. The number of aryl methyl sites for hydroxylation is 2. The molecule has 0 aliphatic carbocycles. The van der Waals surface area contributed by atoms with Crippen molar-refractivity contribution in [1.82, 2.24) is 0 Å². The minimum absolute atomic E-state index is 0.0169. The molecule has 4 heteroatoms. The largest absolute Gasteiger partial charge is 0.484 e. The fourth-order valence-electron chi connectivity index (χ4n) is 2.06. The van der Waals surface area contributed by atoms with E-state index in [9.17, 15) is 4.79 Å². The molecule has 0 spiro atoms. The van der Waals surface area contributed by atoms with Gasteiger partial charge >= 0.3 is 0 Å². The zero-order chi connectivity index (χ0) is 15.9. The molecule has 1 N–H and O–H groups in total. The minimum atomic E-state index is -0.187. The van der Waals surface area contributed by atoms with Gasteiger partial charge in [0.15, 0.2) is 6.61 Å². The Hall–Kier alpha value is -2.33. The Bertz CT molecular complexity index is 653. The van der Waals surface area contributed by atoms with Gasteiger partial charge in [-0.05, 0) is 54.8 Å². The number of methoxy groups -OCH3 is 1. The van der Waals surface area contributed by atoms with Crippen LogP contribution in [0, 0.1) is 13.8 Å². The summed E-state index contributed by atoms with van der Waals surface area (Å²) >= 11 is 0. The number of nitrogens with one attached hydrogen (secondary N) is 1. The summed E-state index contributed by atoms with van der Waals surface area (Å²) in [4.78, 5) is 11.9. The molecule has 0 atom stereocenters. The number of hydrogen-bond acceptors (Lipinski definition) is 3. The first-order valence-corrected chi connectivity index (χ1v) is 7.16. The van der Waals surface area contributed by atoms with Crippen LogP contribution >= 0.6 is 0 Å². The van der Waals surface area contributed by atoms with Crippen LogP contribution in [-0.4, -0.2) is 19.6 Å². The molecular weight excluding hydrogens is 278 g/mol. The molecule has 0 saturated heterocycles. The summed E-state index contributed by atoms with van der Waals surface area (Å²) in [5, 5.41) is 2.82. The van der Waals surface area contributed by atoms with Crippen molar-refractivity contribution < 1.29 is 14.3 Å². The van der Waals surface area contributed by atoms with Crippen LogP contribution in [0.25, 0.3) is 0 Å². The maximum Gasteiger partial charge on any atom is 0.262 e. The lowest BCUT2D eigenvalue weighted by molar-refractivity contribution is -0.118. The molecule has 0 saturated carbocycles. The van der Waals surface area contributed by atoms with Gasteiger partial charge in [-0.25, -0.2) is 0 Å². The van der Waals surface area contributed by atoms with Crippen LogP contribution in [0.5, 0.6) is 5.75 Å². The van der Waals surface area contributed by atoms with Crippen LogP contribution in [-0.2, 0) is 16.1 Å². The molecule has 0 aliphatic rings. The van der Waals surface area contributed by atoms with E-state index in [1.807, 2.05) is 56.3 Å². The fraction of sp³-hybridized carbons (Fsp3) is 0.278. The number of benzene rings is 2. The summed E-state index contributed by atoms with van der Waals surface area (Å²) in [6.45, 7) is 4.56. The van der Waals surface area contributed by atoms with Crippen LogP contribution in [0.3, 0.4) is 0 Å². The number of amides is 1. The predicted octanol–water partition coefficient (Wildman–Crippen LogP) is 3.47. The lowest BCUT2D eigenvalue weighted by Gasteiger charge is -2.10. The van der Waals surface area contributed by atoms with Crippen molar-refractivity contribution in [2.75, 3.05) is 19.0 Å². The van der Waals surface area contributed by atoms with E-state index < -0.39 is 0 Å². The van der Waals surface area contributed by atoms with Gasteiger partial charge in [0.25, 0.3) is 5.91 Å². The van der Waals surface area contributed by atoms with Gasteiger partial charge < -0.3 is 14.8 Å². The van der Waals surface area contributed by atoms with E-state index in [0.29, 0.717) is 12.4 Å². The second-order valence-electron chi connectivity index (χ2n) is 5.22. The molecule has 22 heavy (non-hydrogen) atoms. The zero-order valence-corrected chi connectivity index (χ0v) is 13.2. The molecule has 0 aliphatic heterocycles. The van der Waals surface area contributed by atoms with Gasteiger partial charge in [0, 0.05) is 12.8 Å². The highest BCUT2D eigenvalue weighted by molar-refractivity contribution is 5.91. The van der Waals surface area contributed by atoms with Crippen molar-refractivity contribution >= 4 is 11.6 Å². The Balaban J connectivity index is 1.90. The van der Waals surface area contributed by atoms with Crippen LogP contribution < -0.4 is 10.1 Å². The summed E-state index contributed by atoms with van der Waals surface area (Å²) in [6.07, 6.45) is 0. The molecule has 0 radical (unpaired) electrons. The first-order chi connectivity index (χ1) is 10.6. The molecule has 2 rings (SSSR count). The highest BCUT2D eigenvalue weighted by atomic mass is 16.5. The third-order valence-electron chi connectivity index (χ3n) is 3.37. The highest BCUT2D eigenvalue weighted by Gasteiger charge is 2.05. The molecule has 2 aromatic rings. The van der Waals surface area contributed by atoms with Gasteiger partial charge in [0.2, 0.25) is 0 Å². The molecule has 0 unspecified atom stereocenters. The van der Waals surface area contributed by atoms with Crippen LogP contribution in [0.15, 0.2) is 42.5 Å². The maximum absolute atomic E-state index is 11.9. The van der Waals surface area contributed by atoms with Crippen molar-refractivity contribution in [2.45, 2.75) is 20.5 Å². The topological polar surface area (TPSA) is 47.6 Å². The van der Waals surface area contributed by atoms with Gasteiger partial charge in [0.05, 0.1) is 6.61 Å². The first-order valence-electron chi connectivity index (χ1n) is 7.16. The van der Waals surface area contributed by atoms with Gasteiger partial charge in [-0.2, -0.15) is 0 Å².